The standard InChI is InChI=1S/C22H29N9O4/c1-29-9-13(26-12-32)6-17(29)21(34)28-15-8-18(31(3)11-15)22(35)27-14-7-16(30(2)10-14)20(33)25-5-4-19(23)24/h6-12,22,27,35H,4-5H2,1-3H3,(H3,23,24)(H,25,33)(H,26,32)(H,28,34). The highest BCUT2D eigenvalue weighted by Crippen LogP contribution is 2.24. The molecule has 0 aliphatic rings. The van der Waals surface area contributed by atoms with E-state index in [2.05, 4.69) is 21.3 Å². The molecule has 3 aromatic rings. The van der Waals surface area contributed by atoms with Gasteiger partial charge in [-0.3, -0.25) is 19.8 Å². The number of amides is 3. The Morgan fingerprint density at radius 3 is 2.26 bits per heavy atom. The van der Waals surface area contributed by atoms with Gasteiger partial charge in [-0.25, -0.2) is 0 Å². The number of aliphatic hydroxyl groups is 1. The van der Waals surface area contributed by atoms with Gasteiger partial charge in [-0.2, -0.15) is 0 Å². The topological polar surface area (TPSA) is 184 Å². The van der Waals surface area contributed by atoms with E-state index < -0.39 is 6.23 Å². The first-order valence-corrected chi connectivity index (χ1v) is 10.6. The molecular formula is C22H29N9O4. The second-order valence-corrected chi connectivity index (χ2v) is 8.01. The van der Waals surface area contributed by atoms with Gasteiger partial charge in [0.05, 0.1) is 28.6 Å². The molecule has 0 spiro atoms. The van der Waals surface area contributed by atoms with Crippen molar-refractivity contribution >= 4 is 41.1 Å². The zero-order valence-corrected chi connectivity index (χ0v) is 19.6. The fourth-order valence-electron chi connectivity index (χ4n) is 3.56. The molecule has 0 bridgehead atoms. The Labute approximate surface area is 201 Å². The summed E-state index contributed by atoms with van der Waals surface area (Å²) in [5.41, 5.74) is 7.97. The van der Waals surface area contributed by atoms with Crippen LogP contribution in [0.2, 0.25) is 0 Å². The van der Waals surface area contributed by atoms with Crippen molar-refractivity contribution in [1.29, 1.82) is 5.41 Å². The molecule has 186 valence electrons. The van der Waals surface area contributed by atoms with Gasteiger partial charge in [0.25, 0.3) is 11.8 Å². The van der Waals surface area contributed by atoms with Gasteiger partial charge in [-0.15, -0.1) is 0 Å². The van der Waals surface area contributed by atoms with Gasteiger partial charge in [0, 0.05) is 52.7 Å². The molecule has 3 amide bonds. The normalized spacial score (nSPS) is 11.5. The van der Waals surface area contributed by atoms with Crippen LogP contribution < -0.4 is 27.0 Å². The SMILES string of the molecule is Cn1cc(NC(O)c2cc(NC(=O)c3cc(NC=O)cn3C)cn2C)cc1C(=O)NCCC(=N)N. The second-order valence-electron chi connectivity index (χ2n) is 8.01. The van der Waals surface area contributed by atoms with Crippen LogP contribution in [0.15, 0.2) is 36.8 Å². The highest BCUT2D eigenvalue weighted by molar-refractivity contribution is 6.04. The molecule has 3 aromatic heterocycles. The number of anilines is 3. The summed E-state index contributed by atoms with van der Waals surface area (Å²) < 4.78 is 4.86. The number of nitrogens with zero attached hydrogens (tertiary/aromatic N) is 3. The molecule has 0 aliphatic heterocycles. The number of rotatable bonds is 11. The summed E-state index contributed by atoms with van der Waals surface area (Å²) in [5, 5.41) is 28.8. The molecule has 35 heavy (non-hydrogen) atoms. The molecule has 0 fully saturated rings. The smallest absolute Gasteiger partial charge is 0.272 e. The van der Waals surface area contributed by atoms with E-state index in [-0.39, 0.29) is 30.6 Å². The Balaban J connectivity index is 1.66. The molecule has 0 saturated carbocycles. The maximum atomic E-state index is 12.7. The van der Waals surface area contributed by atoms with Crippen molar-refractivity contribution in [3.63, 3.8) is 0 Å². The van der Waals surface area contributed by atoms with Crippen LogP contribution in [0.5, 0.6) is 0 Å². The Morgan fingerprint density at radius 1 is 1.00 bits per heavy atom. The summed E-state index contributed by atoms with van der Waals surface area (Å²) >= 11 is 0. The molecule has 0 saturated heterocycles. The number of aliphatic hydroxyl groups excluding tert-OH is 1. The number of carbonyl (C=O) groups is 3. The quantitative estimate of drug-likeness (QED) is 0.0910. The van der Waals surface area contributed by atoms with E-state index in [0.717, 1.165) is 0 Å². The van der Waals surface area contributed by atoms with Gasteiger partial charge in [0.15, 0.2) is 6.23 Å². The number of hydrogen-bond acceptors (Lipinski definition) is 6. The Hall–Kier alpha value is -4.52. The number of aromatic nitrogens is 3. The fourth-order valence-corrected chi connectivity index (χ4v) is 3.56. The van der Waals surface area contributed by atoms with E-state index in [1.807, 2.05) is 0 Å². The van der Waals surface area contributed by atoms with Crippen LogP contribution >= 0.6 is 0 Å². The van der Waals surface area contributed by atoms with Gasteiger partial charge in [0.1, 0.15) is 11.4 Å². The summed E-state index contributed by atoms with van der Waals surface area (Å²) in [6.45, 7) is 0.250. The van der Waals surface area contributed by atoms with E-state index in [9.17, 15) is 19.5 Å². The minimum absolute atomic E-state index is 0.0101. The molecule has 1 atom stereocenters. The zero-order chi connectivity index (χ0) is 25.7. The summed E-state index contributed by atoms with van der Waals surface area (Å²) in [7, 11) is 5.11. The third-order valence-electron chi connectivity index (χ3n) is 5.27. The first kappa shape index (κ1) is 25.1. The van der Waals surface area contributed by atoms with Gasteiger partial charge >= 0.3 is 0 Å². The number of nitrogens with two attached hydrogens (primary N) is 1. The monoisotopic (exact) mass is 483 g/mol. The molecule has 8 N–H and O–H groups in total. The highest BCUT2D eigenvalue weighted by atomic mass is 16.3. The lowest BCUT2D eigenvalue weighted by Gasteiger charge is -2.13. The van der Waals surface area contributed by atoms with Gasteiger partial charge < -0.3 is 45.8 Å². The predicted molar refractivity (Wildman–Crippen MR) is 131 cm³/mol. The van der Waals surface area contributed by atoms with Crippen molar-refractivity contribution in [1.82, 2.24) is 19.0 Å². The third kappa shape index (κ3) is 6.09. The van der Waals surface area contributed by atoms with E-state index >= 15 is 0 Å². The second kappa shape index (κ2) is 10.6. The number of nitrogens with one attached hydrogen (secondary N) is 5. The first-order valence-electron chi connectivity index (χ1n) is 10.6. The Morgan fingerprint density at radius 2 is 1.60 bits per heavy atom. The van der Waals surface area contributed by atoms with Crippen molar-refractivity contribution in [3.8, 4) is 0 Å². The molecular weight excluding hydrogens is 454 g/mol. The van der Waals surface area contributed by atoms with Gasteiger partial charge in [-0.05, 0) is 18.2 Å². The summed E-state index contributed by atoms with van der Waals surface area (Å²) in [4.78, 5) is 35.6. The van der Waals surface area contributed by atoms with E-state index in [1.165, 1.54) is 0 Å². The predicted octanol–water partition coefficient (Wildman–Crippen LogP) is 0.682. The maximum Gasteiger partial charge on any atom is 0.272 e. The maximum absolute atomic E-state index is 12.7. The van der Waals surface area contributed by atoms with Crippen LogP contribution in [-0.2, 0) is 25.9 Å². The number of carbonyl (C=O) groups excluding carboxylic acids is 3. The van der Waals surface area contributed by atoms with Gasteiger partial charge in [-0.1, -0.05) is 0 Å². The molecule has 0 aromatic carbocycles. The summed E-state index contributed by atoms with van der Waals surface area (Å²) in [6, 6.07) is 4.77. The van der Waals surface area contributed by atoms with E-state index in [4.69, 9.17) is 11.1 Å². The van der Waals surface area contributed by atoms with Crippen LogP contribution in [0.1, 0.15) is 39.3 Å². The molecule has 0 aliphatic carbocycles. The van der Waals surface area contributed by atoms with Crippen molar-refractivity contribution < 1.29 is 19.5 Å². The molecule has 3 rings (SSSR count). The van der Waals surface area contributed by atoms with Crippen LogP contribution in [0.4, 0.5) is 17.1 Å². The van der Waals surface area contributed by atoms with Crippen molar-refractivity contribution in [2.45, 2.75) is 12.6 Å². The average Bonchev–Trinajstić information content (AvgIpc) is 3.44. The molecule has 3 heterocycles. The molecule has 13 nitrogen and oxygen atoms in total. The van der Waals surface area contributed by atoms with Crippen LogP contribution in [0, 0.1) is 5.41 Å². The van der Waals surface area contributed by atoms with Crippen molar-refractivity contribution in [2.75, 3.05) is 22.5 Å². The molecule has 13 heteroatoms. The zero-order valence-electron chi connectivity index (χ0n) is 19.6. The van der Waals surface area contributed by atoms with Crippen LogP contribution in [-0.4, -0.2) is 49.4 Å². The van der Waals surface area contributed by atoms with E-state index in [0.29, 0.717) is 40.6 Å². The Kier molecular flexibility index (Phi) is 7.61. The van der Waals surface area contributed by atoms with Crippen molar-refractivity contribution in [2.24, 2.45) is 26.9 Å². The summed E-state index contributed by atoms with van der Waals surface area (Å²) in [5.74, 6) is -0.717. The minimum Gasteiger partial charge on any atom is -0.388 e. The first-order chi connectivity index (χ1) is 16.6. The minimum atomic E-state index is -1.12. The third-order valence-corrected chi connectivity index (χ3v) is 5.27. The Bertz CT molecular complexity index is 1250. The largest absolute Gasteiger partial charge is 0.388 e. The lowest BCUT2D eigenvalue weighted by molar-refractivity contribution is -0.105. The van der Waals surface area contributed by atoms with Gasteiger partial charge in [0.2, 0.25) is 6.41 Å². The van der Waals surface area contributed by atoms with Crippen LogP contribution in [0.3, 0.4) is 0 Å². The number of aryl methyl sites for hydroxylation is 3. The fraction of sp³-hybridized carbons (Fsp3) is 0.273. The molecule has 1 unspecified atom stereocenters. The average molecular weight is 484 g/mol. The van der Waals surface area contributed by atoms with E-state index in [1.54, 1.807) is 71.6 Å². The summed E-state index contributed by atoms with van der Waals surface area (Å²) in [6.07, 6.45) is 4.60. The molecule has 0 radical (unpaired) electrons. The lowest BCUT2D eigenvalue weighted by atomic mass is 10.3. The lowest BCUT2D eigenvalue weighted by Crippen LogP contribution is -2.28. The van der Waals surface area contributed by atoms with Crippen LogP contribution in [0.25, 0.3) is 0 Å². The number of amidine groups is 1. The van der Waals surface area contributed by atoms with Crippen molar-refractivity contribution in [3.05, 3.63) is 53.9 Å². The number of hydrogen-bond donors (Lipinski definition) is 7. The highest BCUT2D eigenvalue weighted by Gasteiger charge is 2.18.